The fourth-order valence-electron chi connectivity index (χ4n) is 2.23. The number of rotatable bonds is 1. The Labute approximate surface area is 88.5 Å². The van der Waals surface area contributed by atoms with Crippen molar-refractivity contribution in [2.24, 2.45) is 0 Å². The average molecular weight is 239 g/mol. The number of aryl methyl sites for hydroxylation is 2. The van der Waals surface area contributed by atoms with Gasteiger partial charge in [-0.3, -0.25) is 0 Å². The molecule has 1 aromatic rings. The third-order valence-electron chi connectivity index (χ3n) is 2.98. The van der Waals surface area contributed by atoms with Crippen molar-refractivity contribution >= 4 is 15.9 Å². The number of hydrogen-bond donors (Lipinski definition) is 0. The molecule has 1 aliphatic rings. The van der Waals surface area contributed by atoms with Gasteiger partial charge >= 0.3 is 0 Å². The lowest BCUT2D eigenvalue weighted by atomic mass is 9.97. The molecule has 0 saturated carbocycles. The molecule has 0 amide bonds. The first-order chi connectivity index (χ1) is 6.18. The molecule has 2 atom stereocenters. The van der Waals surface area contributed by atoms with Crippen molar-refractivity contribution in [3.63, 3.8) is 0 Å². The summed E-state index contributed by atoms with van der Waals surface area (Å²) >= 11 is 3.70. The maximum absolute atomic E-state index is 3.70. The Morgan fingerprint density at radius 1 is 1.46 bits per heavy atom. The van der Waals surface area contributed by atoms with Crippen molar-refractivity contribution in [3.05, 3.63) is 34.9 Å². The third kappa shape index (κ3) is 1.67. The number of hydrogen-bond acceptors (Lipinski definition) is 0. The molecule has 1 aliphatic carbocycles. The number of halogens is 1. The first-order valence-corrected chi connectivity index (χ1v) is 5.83. The predicted molar refractivity (Wildman–Crippen MR) is 60.6 cm³/mol. The van der Waals surface area contributed by atoms with E-state index in [1.165, 1.54) is 18.4 Å². The molecule has 1 aromatic carbocycles. The highest BCUT2D eigenvalue weighted by atomic mass is 79.9. The largest absolute Gasteiger partial charge is 0.0887 e. The van der Waals surface area contributed by atoms with E-state index >= 15 is 0 Å². The highest BCUT2D eigenvalue weighted by Gasteiger charge is 2.25. The molecular weight excluding hydrogens is 224 g/mol. The zero-order valence-corrected chi connectivity index (χ0v) is 9.76. The van der Waals surface area contributed by atoms with Gasteiger partial charge in [0.25, 0.3) is 0 Å². The molecule has 0 spiro atoms. The van der Waals surface area contributed by atoms with Crippen LogP contribution in [0.2, 0.25) is 0 Å². The summed E-state index contributed by atoms with van der Waals surface area (Å²) in [4.78, 5) is 0.607. The monoisotopic (exact) mass is 238 g/mol. The fraction of sp³-hybridized carbons (Fsp3) is 0.500. The zero-order valence-electron chi connectivity index (χ0n) is 8.18. The van der Waals surface area contributed by atoms with Crippen LogP contribution in [0.1, 0.15) is 36.0 Å². The summed E-state index contributed by atoms with van der Waals surface area (Å²) in [7, 11) is 0. The van der Waals surface area contributed by atoms with Gasteiger partial charge in [-0.25, -0.2) is 0 Å². The van der Waals surface area contributed by atoms with Crippen LogP contribution in [0, 0.1) is 6.92 Å². The molecule has 2 unspecified atom stereocenters. The molecular formula is C12H15Br. The maximum atomic E-state index is 3.70. The Hall–Kier alpha value is -0.300. The van der Waals surface area contributed by atoms with Gasteiger partial charge in [0, 0.05) is 4.83 Å². The molecule has 70 valence electrons. The van der Waals surface area contributed by atoms with E-state index in [-0.39, 0.29) is 0 Å². The number of benzene rings is 1. The molecule has 1 heteroatoms. The van der Waals surface area contributed by atoms with E-state index in [0.717, 1.165) is 5.92 Å². The van der Waals surface area contributed by atoms with Gasteiger partial charge in [0.05, 0.1) is 0 Å². The van der Waals surface area contributed by atoms with Crippen LogP contribution in [-0.4, -0.2) is 4.83 Å². The smallest absolute Gasteiger partial charge is 0.0186 e. The summed E-state index contributed by atoms with van der Waals surface area (Å²) in [5.74, 6) is 0.731. The minimum absolute atomic E-state index is 0.607. The van der Waals surface area contributed by atoms with Crippen molar-refractivity contribution in [1.82, 2.24) is 0 Å². The van der Waals surface area contributed by atoms with Crippen molar-refractivity contribution in [2.45, 2.75) is 37.4 Å². The van der Waals surface area contributed by atoms with E-state index in [4.69, 9.17) is 0 Å². The summed E-state index contributed by atoms with van der Waals surface area (Å²) in [6.07, 6.45) is 2.57. The lowest BCUT2D eigenvalue weighted by molar-refractivity contribution is 0.677. The lowest BCUT2D eigenvalue weighted by Crippen LogP contribution is -2.04. The molecule has 0 aromatic heterocycles. The summed E-state index contributed by atoms with van der Waals surface area (Å²) in [5, 5.41) is 0. The van der Waals surface area contributed by atoms with E-state index in [1.54, 1.807) is 11.1 Å². The van der Waals surface area contributed by atoms with E-state index < -0.39 is 0 Å². The molecule has 0 aliphatic heterocycles. The number of alkyl halides is 1. The molecule has 13 heavy (non-hydrogen) atoms. The first kappa shape index (κ1) is 9.26. The molecule has 0 saturated heterocycles. The first-order valence-electron chi connectivity index (χ1n) is 4.92. The molecule has 2 rings (SSSR count). The second-order valence-corrected chi connectivity index (χ2v) is 5.47. The molecule has 0 radical (unpaired) electrons. The Morgan fingerprint density at radius 2 is 2.23 bits per heavy atom. The Balaban J connectivity index is 2.40. The molecule has 0 N–H and O–H groups in total. The minimum Gasteiger partial charge on any atom is -0.0887 e. The van der Waals surface area contributed by atoms with Crippen LogP contribution >= 0.6 is 15.9 Å². The summed E-state index contributed by atoms with van der Waals surface area (Å²) in [6.45, 7) is 4.43. The van der Waals surface area contributed by atoms with Crippen LogP contribution in [0.25, 0.3) is 0 Å². The van der Waals surface area contributed by atoms with E-state index in [2.05, 4.69) is 48.0 Å². The Morgan fingerprint density at radius 3 is 2.92 bits per heavy atom. The topological polar surface area (TPSA) is 0 Å². The minimum atomic E-state index is 0.607. The van der Waals surface area contributed by atoms with Crippen LogP contribution in [0.3, 0.4) is 0 Å². The summed E-state index contributed by atoms with van der Waals surface area (Å²) < 4.78 is 0. The lowest BCUT2D eigenvalue weighted by Gasteiger charge is -2.14. The van der Waals surface area contributed by atoms with Crippen molar-refractivity contribution in [2.75, 3.05) is 0 Å². The highest BCUT2D eigenvalue weighted by Crippen LogP contribution is 2.38. The highest BCUT2D eigenvalue weighted by molar-refractivity contribution is 9.09. The standard InChI is InChI=1S/C12H15Br/c1-8-3-4-10-5-6-11(9(2)13)12(10)7-8/h3-4,7,9,11H,5-6H2,1-2H3. The van der Waals surface area contributed by atoms with Gasteiger partial charge in [-0.2, -0.15) is 0 Å². The normalized spacial score (nSPS) is 22.8. The molecule has 0 fully saturated rings. The summed E-state index contributed by atoms with van der Waals surface area (Å²) in [6, 6.07) is 6.87. The predicted octanol–water partition coefficient (Wildman–Crippen LogP) is 3.81. The van der Waals surface area contributed by atoms with Crippen LogP contribution in [-0.2, 0) is 6.42 Å². The van der Waals surface area contributed by atoms with E-state index in [1.807, 2.05) is 0 Å². The SMILES string of the molecule is Cc1ccc2c(c1)C(C(C)Br)CC2. The van der Waals surface area contributed by atoms with Gasteiger partial charge in [0.2, 0.25) is 0 Å². The second-order valence-electron chi connectivity index (χ2n) is 4.02. The van der Waals surface area contributed by atoms with Gasteiger partial charge in [-0.1, -0.05) is 46.6 Å². The maximum Gasteiger partial charge on any atom is 0.0186 e. The van der Waals surface area contributed by atoms with Gasteiger partial charge in [0.1, 0.15) is 0 Å². The van der Waals surface area contributed by atoms with Gasteiger partial charge in [-0.15, -0.1) is 0 Å². The van der Waals surface area contributed by atoms with Crippen LogP contribution in [0.4, 0.5) is 0 Å². The summed E-state index contributed by atoms with van der Waals surface area (Å²) in [5.41, 5.74) is 4.52. The zero-order chi connectivity index (χ0) is 9.42. The average Bonchev–Trinajstić information content (AvgIpc) is 2.46. The van der Waals surface area contributed by atoms with Crippen molar-refractivity contribution < 1.29 is 0 Å². The fourth-order valence-corrected chi connectivity index (χ4v) is 2.78. The van der Waals surface area contributed by atoms with Gasteiger partial charge < -0.3 is 0 Å². The third-order valence-corrected chi connectivity index (χ3v) is 3.62. The molecule has 0 nitrogen and oxygen atoms in total. The Bertz CT molecular complexity index is 315. The van der Waals surface area contributed by atoms with Crippen LogP contribution in [0.5, 0.6) is 0 Å². The van der Waals surface area contributed by atoms with Gasteiger partial charge in [0.15, 0.2) is 0 Å². The second kappa shape index (κ2) is 3.45. The van der Waals surface area contributed by atoms with Crippen molar-refractivity contribution in [3.8, 4) is 0 Å². The van der Waals surface area contributed by atoms with Crippen molar-refractivity contribution in [1.29, 1.82) is 0 Å². The quantitative estimate of drug-likeness (QED) is 0.654. The molecule has 0 bridgehead atoms. The van der Waals surface area contributed by atoms with Crippen LogP contribution in [0.15, 0.2) is 18.2 Å². The van der Waals surface area contributed by atoms with E-state index in [9.17, 15) is 0 Å². The Kier molecular flexibility index (Phi) is 2.46. The molecule has 0 heterocycles. The van der Waals surface area contributed by atoms with Gasteiger partial charge in [-0.05, 0) is 36.8 Å². The number of fused-ring (bicyclic) bond motifs is 1. The van der Waals surface area contributed by atoms with E-state index in [0.29, 0.717) is 4.83 Å². The van der Waals surface area contributed by atoms with Crippen LogP contribution < -0.4 is 0 Å².